The fourth-order valence-electron chi connectivity index (χ4n) is 1.61. The van der Waals surface area contributed by atoms with E-state index in [-0.39, 0.29) is 0 Å². The molecule has 0 aliphatic heterocycles. The molecule has 0 bridgehead atoms. The first-order valence-corrected chi connectivity index (χ1v) is 6.76. The maximum atomic E-state index is 3.49. The van der Waals surface area contributed by atoms with E-state index in [1.165, 1.54) is 30.6 Å². The fraction of sp³-hybridized carbons (Fsp3) is 0.600. The summed E-state index contributed by atoms with van der Waals surface area (Å²) in [6.07, 6.45) is 3.83. The zero-order chi connectivity index (χ0) is 13.1. The van der Waals surface area contributed by atoms with Crippen LogP contribution in [0.2, 0.25) is 0 Å². The maximum absolute atomic E-state index is 3.49. The average Bonchev–Trinajstić information content (AvgIpc) is 2.37. The van der Waals surface area contributed by atoms with Crippen molar-refractivity contribution < 1.29 is 0 Å². The van der Waals surface area contributed by atoms with Gasteiger partial charge in [0.05, 0.1) is 11.4 Å². The number of hydrogen-bond donors (Lipinski definition) is 1. The number of rotatable bonds is 6. The van der Waals surface area contributed by atoms with Crippen LogP contribution in [0.3, 0.4) is 0 Å². The fourth-order valence-corrected chi connectivity index (χ4v) is 1.61. The summed E-state index contributed by atoms with van der Waals surface area (Å²) in [5.41, 5.74) is 2.49. The lowest BCUT2D eigenvalue weighted by atomic mass is 10.2. The van der Waals surface area contributed by atoms with E-state index in [9.17, 15) is 0 Å². The molecule has 1 rings (SSSR count). The van der Waals surface area contributed by atoms with Crippen LogP contribution in [0.5, 0.6) is 0 Å². The van der Waals surface area contributed by atoms with Crippen molar-refractivity contribution in [1.29, 1.82) is 0 Å². The summed E-state index contributed by atoms with van der Waals surface area (Å²) in [7, 11) is 4.15. The van der Waals surface area contributed by atoms with Crippen molar-refractivity contribution in [2.45, 2.75) is 40.0 Å². The van der Waals surface area contributed by atoms with Gasteiger partial charge < -0.3 is 10.2 Å². The third-order valence-electron chi connectivity index (χ3n) is 2.48. The molecule has 0 atom stereocenters. The molecule has 0 spiro atoms. The molecule has 98 valence electrons. The van der Waals surface area contributed by atoms with E-state index in [2.05, 4.69) is 55.5 Å². The molecule has 1 aromatic rings. The van der Waals surface area contributed by atoms with Gasteiger partial charge in [-0.05, 0) is 18.6 Å². The second-order valence-electron chi connectivity index (χ2n) is 4.05. The van der Waals surface area contributed by atoms with Crippen molar-refractivity contribution in [2.75, 3.05) is 30.9 Å². The van der Waals surface area contributed by atoms with Crippen LogP contribution >= 0.6 is 0 Å². The van der Waals surface area contributed by atoms with Crippen molar-refractivity contribution in [1.82, 2.24) is 0 Å². The van der Waals surface area contributed by atoms with Crippen LogP contribution < -0.4 is 10.2 Å². The predicted molar refractivity (Wildman–Crippen MR) is 80.1 cm³/mol. The summed E-state index contributed by atoms with van der Waals surface area (Å²) in [6, 6.07) is 8.44. The Morgan fingerprint density at radius 2 is 1.71 bits per heavy atom. The summed E-state index contributed by atoms with van der Waals surface area (Å²) >= 11 is 0. The van der Waals surface area contributed by atoms with Gasteiger partial charge in [-0.3, -0.25) is 0 Å². The smallest absolute Gasteiger partial charge is 0.0596 e. The third kappa shape index (κ3) is 6.20. The van der Waals surface area contributed by atoms with Gasteiger partial charge >= 0.3 is 0 Å². The van der Waals surface area contributed by atoms with Gasteiger partial charge in [-0.1, -0.05) is 45.7 Å². The number of hydrogen-bond acceptors (Lipinski definition) is 2. The van der Waals surface area contributed by atoms with Crippen molar-refractivity contribution >= 4 is 11.4 Å². The molecule has 0 radical (unpaired) electrons. The average molecular weight is 236 g/mol. The van der Waals surface area contributed by atoms with Crippen LogP contribution in [-0.2, 0) is 0 Å². The lowest BCUT2D eigenvalue weighted by Crippen LogP contribution is -2.12. The molecular weight excluding hydrogens is 208 g/mol. The number of nitrogens with one attached hydrogen (secondary N) is 1. The van der Waals surface area contributed by atoms with Gasteiger partial charge in [0, 0.05) is 20.6 Å². The molecule has 1 aromatic carbocycles. The minimum absolute atomic E-state index is 1.07. The summed E-state index contributed by atoms with van der Waals surface area (Å²) < 4.78 is 0. The second kappa shape index (κ2) is 10.0. The maximum Gasteiger partial charge on any atom is 0.0596 e. The molecule has 2 heteroatoms. The lowest BCUT2D eigenvalue weighted by molar-refractivity contribution is 0.743. The Kier molecular flexibility index (Phi) is 9.31. The normalized spacial score (nSPS) is 9.24. The van der Waals surface area contributed by atoms with E-state index in [0.29, 0.717) is 0 Å². The van der Waals surface area contributed by atoms with Crippen LogP contribution in [0, 0.1) is 0 Å². The lowest BCUT2D eigenvalue weighted by Gasteiger charge is -2.18. The summed E-state index contributed by atoms with van der Waals surface area (Å²) in [6.45, 7) is 7.30. The standard InChI is InChI=1S/C13H22N2.C2H6/c1-4-5-8-11-14-12-9-6-7-10-13(12)15(2)3;1-2/h6-7,9-10,14H,4-5,8,11H2,1-3H3;1-2H3. The monoisotopic (exact) mass is 236 g/mol. The Morgan fingerprint density at radius 3 is 2.29 bits per heavy atom. The van der Waals surface area contributed by atoms with E-state index in [1.54, 1.807) is 0 Å². The molecule has 0 aromatic heterocycles. The van der Waals surface area contributed by atoms with Crippen LogP contribution in [0.15, 0.2) is 24.3 Å². The van der Waals surface area contributed by atoms with Crippen molar-refractivity contribution in [2.24, 2.45) is 0 Å². The Labute approximate surface area is 107 Å². The first-order valence-electron chi connectivity index (χ1n) is 6.76. The van der Waals surface area contributed by atoms with Gasteiger partial charge in [-0.2, -0.15) is 0 Å². The molecule has 0 fully saturated rings. The van der Waals surface area contributed by atoms with Gasteiger partial charge in [0.1, 0.15) is 0 Å². The first kappa shape index (κ1) is 15.8. The SMILES string of the molecule is CC.CCCCCNc1ccccc1N(C)C. The Morgan fingerprint density at radius 1 is 1.06 bits per heavy atom. The number of unbranched alkanes of at least 4 members (excludes halogenated alkanes) is 2. The van der Waals surface area contributed by atoms with Crippen LogP contribution in [0.4, 0.5) is 11.4 Å². The molecule has 2 nitrogen and oxygen atoms in total. The van der Waals surface area contributed by atoms with Crippen LogP contribution in [0.1, 0.15) is 40.0 Å². The Balaban J connectivity index is 0.00000121. The molecule has 0 saturated carbocycles. The molecule has 0 aliphatic rings. The van der Waals surface area contributed by atoms with E-state index < -0.39 is 0 Å². The minimum Gasteiger partial charge on any atom is -0.383 e. The molecule has 0 heterocycles. The number of para-hydroxylation sites is 2. The van der Waals surface area contributed by atoms with E-state index in [4.69, 9.17) is 0 Å². The van der Waals surface area contributed by atoms with Gasteiger partial charge in [0.2, 0.25) is 0 Å². The van der Waals surface area contributed by atoms with Gasteiger partial charge in [-0.15, -0.1) is 0 Å². The van der Waals surface area contributed by atoms with Crippen molar-refractivity contribution in [3.63, 3.8) is 0 Å². The highest BCUT2D eigenvalue weighted by atomic mass is 15.1. The highest BCUT2D eigenvalue weighted by Gasteiger charge is 2.01. The number of anilines is 2. The van der Waals surface area contributed by atoms with E-state index in [1.807, 2.05) is 13.8 Å². The predicted octanol–water partition coefficient (Wildman–Crippen LogP) is 4.38. The Hall–Kier alpha value is -1.18. The molecule has 17 heavy (non-hydrogen) atoms. The second-order valence-corrected chi connectivity index (χ2v) is 4.05. The van der Waals surface area contributed by atoms with Gasteiger partial charge in [0.15, 0.2) is 0 Å². The minimum atomic E-state index is 1.07. The summed E-state index contributed by atoms with van der Waals surface area (Å²) in [4.78, 5) is 2.14. The van der Waals surface area contributed by atoms with Gasteiger partial charge in [-0.25, -0.2) is 0 Å². The number of nitrogens with zero attached hydrogens (tertiary/aromatic N) is 1. The Bertz CT molecular complexity index is 282. The molecule has 0 amide bonds. The highest BCUT2D eigenvalue weighted by Crippen LogP contribution is 2.23. The summed E-state index contributed by atoms with van der Waals surface area (Å²) in [5.74, 6) is 0. The zero-order valence-electron chi connectivity index (χ0n) is 12.1. The largest absolute Gasteiger partial charge is 0.383 e. The van der Waals surface area contributed by atoms with Crippen molar-refractivity contribution in [3.05, 3.63) is 24.3 Å². The third-order valence-corrected chi connectivity index (χ3v) is 2.48. The van der Waals surface area contributed by atoms with E-state index in [0.717, 1.165) is 6.54 Å². The van der Waals surface area contributed by atoms with Crippen molar-refractivity contribution in [3.8, 4) is 0 Å². The molecule has 1 N–H and O–H groups in total. The molecule has 0 saturated heterocycles. The summed E-state index contributed by atoms with van der Waals surface area (Å²) in [5, 5.41) is 3.49. The topological polar surface area (TPSA) is 15.3 Å². The van der Waals surface area contributed by atoms with Gasteiger partial charge in [0.25, 0.3) is 0 Å². The van der Waals surface area contributed by atoms with Crippen LogP contribution in [-0.4, -0.2) is 20.6 Å². The van der Waals surface area contributed by atoms with Crippen LogP contribution in [0.25, 0.3) is 0 Å². The zero-order valence-corrected chi connectivity index (χ0v) is 12.1. The molecule has 0 aliphatic carbocycles. The first-order chi connectivity index (χ1) is 8.25. The molecular formula is C15H28N2. The quantitative estimate of drug-likeness (QED) is 0.737. The highest BCUT2D eigenvalue weighted by molar-refractivity contribution is 5.69. The number of benzene rings is 1. The molecule has 0 unspecified atom stereocenters. The van der Waals surface area contributed by atoms with E-state index >= 15 is 0 Å².